The Labute approximate surface area is 109 Å². The van der Waals surface area contributed by atoms with Crippen molar-refractivity contribution in [2.75, 3.05) is 12.8 Å². The average Bonchev–Trinajstić information content (AvgIpc) is 2.91. The van der Waals surface area contributed by atoms with Crippen LogP contribution >= 0.6 is 0 Å². The highest BCUT2D eigenvalue weighted by molar-refractivity contribution is 7.88. The van der Waals surface area contributed by atoms with Gasteiger partial charge in [-0.25, -0.2) is 8.42 Å². The number of hydrogen-bond donors (Lipinski definition) is 1. The third kappa shape index (κ3) is 3.95. The molecule has 2 fully saturated rings. The van der Waals surface area contributed by atoms with Crippen molar-refractivity contribution >= 4 is 15.9 Å². The highest BCUT2D eigenvalue weighted by atomic mass is 32.2. The molecule has 2 saturated carbocycles. The molecule has 0 aromatic rings. The molecule has 0 spiro atoms. The molecular formula is C12H22N2O3S. The van der Waals surface area contributed by atoms with Gasteiger partial charge in [0.2, 0.25) is 15.9 Å². The van der Waals surface area contributed by atoms with Crippen LogP contribution in [-0.2, 0) is 14.8 Å². The van der Waals surface area contributed by atoms with Crippen LogP contribution < -0.4 is 5.32 Å². The van der Waals surface area contributed by atoms with Gasteiger partial charge in [0, 0.05) is 25.0 Å². The standard InChI is InChI=1S/C12H22N2O3S/c1-18(16,17)14(11-4-2-3-5-11)9-8-12(15)13-10-6-7-10/h10-11H,2-9H2,1H3,(H,13,15). The molecule has 2 aliphatic carbocycles. The van der Waals surface area contributed by atoms with Crippen molar-refractivity contribution in [3.8, 4) is 0 Å². The molecule has 2 rings (SSSR count). The van der Waals surface area contributed by atoms with E-state index in [1.165, 1.54) is 10.6 Å². The van der Waals surface area contributed by atoms with E-state index in [2.05, 4.69) is 5.32 Å². The van der Waals surface area contributed by atoms with E-state index in [1.807, 2.05) is 0 Å². The zero-order valence-corrected chi connectivity index (χ0v) is 11.7. The van der Waals surface area contributed by atoms with Crippen molar-refractivity contribution in [1.82, 2.24) is 9.62 Å². The van der Waals surface area contributed by atoms with E-state index in [1.54, 1.807) is 0 Å². The minimum absolute atomic E-state index is 0.0239. The molecule has 0 aromatic heterocycles. The molecule has 2 aliphatic rings. The molecule has 0 aliphatic heterocycles. The molecule has 0 bridgehead atoms. The fourth-order valence-corrected chi connectivity index (χ4v) is 3.73. The lowest BCUT2D eigenvalue weighted by Gasteiger charge is -2.26. The molecule has 0 atom stereocenters. The van der Waals surface area contributed by atoms with Gasteiger partial charge in [-0.15, -0.1) is 0 Å². The van der Waals surface area contributed by atoms with E-state index < -0.39 is 10.0 Å². The Morgan fingerprint density at radius 3 is 2.33 bits per heavy atom. The Morgan fingerprint density at radius 1 is 1.22 bits per heavy atom. The first-order valence-corrected chi connectivity index (χ1v) is 8.58. The lowest BCUT2D eigenvalue weighted by Crippen LogP contribution is -2.40. The van der Waals surface area contributed by atoms with Gasteiger partial charge in [-0.1, -0.05) is 12.8 Å². The second-order valence-corrected chi connectivity index (χ2v) is 7.34. The molecule has 1 amide bonds. The van der Waals surface area contributed by atoms with E-state index in [-0.39, 0.29) is 18.4 Å². The number of carbonyl (C=O) groups is 1. The minimum atomic E-state index is -3.20. The van der Waals surface area contributed by atoms with Crippen LogP contribution in [0.15, 0.2) is 0 Å². The van der Waals surface area contributed by atoms with Crippen LogP contribution in [0.4, 0.5) is 0 Å². The molecular weight excluding hydrogens is 252 g/mol. The first-order chi connectivity index (χ1) is 8.47. The monoisotopic (exact) mass is 274 g/mol. The summed E-state index contributed by atoms with van der Waals surface area (Å²) in [5.41, 5.74) is 0. The smallest absolute Gasteiger partial charge is 0.221 e. The van der Waals surface area contributed by atoms with Crippen LogP contribution in [-0.4, -0.2) is 43.5 Å². The van der Waals surface area contributed by atoms with Crippen molar-refractivity contribution in [2.24, 2.45) is 0 Å². The summed E-state index contributed by atoms with van der Waals surface area (Å²) in [6, 6.07) is 0.449. The van der Waals surface area contributed by atoms with Gasteiger partial charge in [0.05, 0.1) is 6.26 Å². The number of amides is 1. The predicted octanol–water partition coefficient (Wildman–Crippen LogP) is 0.859. The van der Waals surface area contributed by atoms with Crippen molar-refractivity contribution in [3.63, 3.8) is 0 Å². The van der Waals surface area contributed by atoms with Gasteiger partial charge in [0.15, 0.2) is 0 Å². The first-order valence-electron chi connectivity index (χ1n) is 6.73. The van der Waals surface area contributed by atoms with Gasteiger partial charge in [-0.05, 0) is 25.7 Å². The fraction of sp³-hybridized carbons (Fsp3) is 0.917. The Kier molecular flexibility index (Phi) is 4.27. The molecule has 0 saturated heterocycles. The van der Waals surface area contributed by atoms with Gasteiger partial charge in [0.25, 0.3) is 0 Å². The lowest BCUT2D eigenvalue weighted by molar-refractivity contribution is -0.121. The van der Waals surface area contributed by atoms with Crippen molar-refractivity contribution in [3.05, 3.63) is 0 Å². The van der Waals surface area contributed by atoms with Crippen LogP contribution in [0, 0.1) is 0 Å². The molecule has 0 unspecified atom stereocenters. The van der Waals surface area contributed by atoms with E-state index in [4.69, 9.17) is 0 Å². The highest BCUT2D eigenvalue weighted by Gasteiger charge is 2.30. The van der Waals surface area contributed by atoms with E-state index >= 15 is 0 Å². The summed E-state index contributed by atoms with van der Waals surface area (Å²) in [5, 5.41) is 2.89. The van der Waals surface area contributed by atoms with Crippen LogP contribution in [0.2, 0.25) is 0 Å². The zero-order chi connectivity index (χ0) is 13.2. The molecule has 6 heteroatoms. The van der Waals surface area contributed by atoms with Crippen molar-refractivity contribution < 1.29 is 13.2 Å². The Hall–Kier alpha value is -0.620. The highest BCUT2D eigenvalue weighted by Crippen LogP contribution is 2.25. The van der Waals surface area contributed by atoms with Crippen LogP contribution in [0.25, 0.3) is 0 Å². The van der Waals surface area contributed by atoms with E-state index in [0.717, 1.165) is 38.5 Å². The summed E-state index contributed by atoms with van der Waals surface area (Å²) in [6.45, 7) is 0.321. The number of carbonyl (C=O) groups excluding carboxylic acids is 1. The molecule has 0 heterocycles. The second kappa shape index (κ2) is 5.57. The SMILES string of the molecule is CS(=O)(=O)N(CCC(=O)NC1CC1)C1CCCC1. The van der Waals surface area contributed by atoms with Crippen LogP contribution in [0.1, 0.15) is 44.9 Å². The van der Waals surface area contributed by atoms with Gasteiger partial charge >= 0.3 is 0 Å². The third-order valence-electron chi connectivity index (χ3n) is 3.66. The lowest BCUT2D eigenvalue weighted by atomic mass is 10.2. The number of nitrogens with one attached hydrogen (secondary N) is 1. The summed E-state index contributed by atoms with van der Waals surface area (Å²) in [6.07, 6.45) is 7.67. The Morgan fingerprint density at radius 2 is 1.83 bits per heavy atom. The fourth-order valence-electron chi connectivity index (χ4n) is 2.55. The quantitative estimate of drug-likeness (QED) is 0.781. The van der Waals surface area contributed by atoms with Gasteiger partial charge in [-0.2, -0.15) is 4.31 Å². The summed E-state index contributed by atoms with van der Waals surface area (Å²) < 4.78 is 25.0. The van der Waals surface area contributed by atoms with E-state index in [9.17, 15) is 13.2 Å². The zero-order valence-electron chi connectivity index (χ0n) is 10.9. The largest absolute Gasteiger partial charge is 0.353 e. The maximum Gasteiger partial charge on any atom is 0.221 e. The number of rotatable bonds is 6. The van der Waals surface area contributed by atoms with Gasteiger partial charge < -0.3 is 5.32 Å². The minimum Gasteiger partial charge on any atom is -0.353 e. The van der Waals surface area contributed by atoms with E-state index in [0.29, 0.717) is 12.6 Å². The molecule has 0 radical (unpaired) electrons. The molecule has 104 valence electrons. The van der Waals surface area contributed by atoms with Crippen molar-refractivity contribution in [1.29, 1.82) is 0 Å². The van der Waals surface area contributed by atoms with Crippen molar-refractivity contribution in [2.45, 2.75) is 57.0 Å². The Balaban J connectivity index is 1.86. The Bertz CT molecular complexity index is 398. The average molecular weight is 274 g/mol. The van der Waals surface area contributed by atoms with Gasteiger partial charge in [0.1, 0.15) is 0 Å². The normalized spacial score (nSPS) is 21.4. The topological polar surface area (TPSA) is 66.5 Å². The summed E-state index contributed by atoms with van der Waals surface area (Å²) in [4.78, 5) is 11.6. The molecule has 0 aromatic carbocycles. The maximum atomic E-state index is 11.8. The first kappa shape index (κ1) is 13.8. The predicted molar refractivity (Wildman–Crippen MR) is 69.6 cm³/mol. The summed E-state index contributed by atoms with van der Waals surface area (Å²) in [7, 11) is -3.20. The third-order valence-corrected chi connectivity index (χ3v) is 4.99. The molecule has 18 heavy (non-hydrogen) atoms. The van der Waals surface area contributed by atoms with Crippen LogP contribution in [0.5, 0.6) is 0 Å². The number of hydrogen-bond acceptors (Lipinski definition) is 3. The molecule has 5 nitrogen and oxygen atoms in total. The maximum absolute atomic E-state index is 11.8. The second-order valence-electron chi connectivity index (χ2n) is 5.40. The number of sulfonamides is 1. The van der Waals surface area contributed by atoms with Gasteiger partial charge in [-0.3, -0.25) is 4.79 Å². The number of nitrogens with zero attached hydrogens (tertiary/aromatic N) is 1. The molecule has 1 N–H and O–H groups in total. The van der Waals surface area contributed by atoms with Crippen LogP contribution in [0.3, 0.4) is 0 Å². The summed E-state index contributed by atoms with van der Waals surface area (Å²) in [5.74, 6) is -0.0239. The summed E-state index contributed by atoms with van der Waals surface area (Å²) >= 11 is 0.